The van der Waals surface area contributed by atoms with Crippen LogP contribution in [0.2, 0.25) is 0 Å². The molecule has 2 nitrogen and oxygen atoms in total. The van der Waals surface area contributed by atoms with Crippen LogP contribution in [0.4, 0.5) is 4.39 Å². The lowest BCUT2D eigenvalue weighted by molar-refractivity contribution is 0.0783. The summed E-state index contributed by atoms with van der Waals surface area (Å²) in [5.74, 6) is -0.0717. The van der Waals surface area contributed by atoms with Gasteiger partial charge in [-0.2, -0.15) is 0 Å². The normalized spacial score (nSPS) is 20.2. The lowest BCUT2D eigenvalue weighted by atomic mass is 10.1. The van der Waals surface area contributed by atoms with Gasteiger partial charge in [-0.3, -0.25) is 4.79 Å². The molecule has 1 amide bonds. The molecule has 0 saturated carbocycles. The summed E-state index contributed by atoms with van der Waals surface area (Å²) in [4.78, 5) is 13.8. The van der Waals surface area contributed by atoms with Crippen molar-refractivity contribution in [3.05, 3.63) is 35.1 Å². The van der Waals surface area contributed by atoms with E-state index in [0.29, 0.717) is 5.92 Å². The lowest BCUT2D eigenvalue weighted by Crippen LogP contribution is -2.29. The average molecular weight is 221 g/mol. The topological polar surface area (TPSA) is 20.3 Å². The molecule has 1 aliphatic heterocycles. The van der Waals surface area contributed by atoms with E-state index >= 15 is 0 Å². The zero-order valence-electron chi connectivity index (χ0n) is 9.66. The maximum atomic E-state index is 13.5. The summed E-state index contributed by atoms with van der Waals surface area (Å²) in [6.07, 6.45) is 1.01. The fourth-order valence-electron chi connectivity index (χ4n) is 2.09. The van der Waals surface area contributed by atoms with Crippen molar-refractivity contribution in [1.82, 2.24) is 4.90 Å². The second kappa shape index (κ2) is 4.24. The molecule has 1 heterocycles. The predicted molar refractivity (Wildman–Crippen MR) is 60.8 cm³/mol. The van der Waals surface area contributed by atoms with Gasteiger partial charge < -0.3 is 4.90 Å². The number of amides is 1. The summed E-state index contributed by atoms with van der Waals surface area (Å²) in [6, 6.07) is 4.67. The second-order valence-electron chi connectivity index (χ2n) is 4.63. The lowest BCUT2D eigenvalue weighted by Gasteiger charge is -2.16. The van der Waals surface area contributed by atoms with Crippen molar-refractivity contribution in [1.29, 1.82) is 0 Å². The number of hydrogen-bond donors (Lipinski definition) is 0. The highest BCUT2D eigenvalue weighted by molar-refractivity contribution is 5.94. The molecule has 1 saturated heterocycles. The van der Waals surface area contributed by atoms with Gasteiger partial charge in [-0.05, 0) is 31.4 Å². The number of benzene rings is 1. The van der Waals surface area contributed by atoms with E-state index in [1.165, 1.54) is 6.07 Å². The van der Waals surface area contributed by atoms with Crippen LogP contribution in [0.5, 0.6) is 0 Å². The van der Waals surface area contributed by atoms with E-state index in [1.807, 2.05) is 6.92 Å². The quantitative estimate of drug-likeness (QED) is 0.713. The van der Waals surface area contributed by atoms with Crippen LogP contribution < -0.4 is 0 Å². The first-order valence-electron chi connectivity index (χ1n) is 5.63. The molecule has 1 aliphatic rings. The first-order chi connectivity index (χ1) is 7.58. The standard InChI is InChI=1S/C13H16FNO/c1-9-3-4-12(14)11(7-9)13(16)15-6-5-10(2)8-15/h3-4,7,10H,5-6,8H2,1-2H3. The SMILES string of the molecule is Cc1ccc(F)c(C(=O)N2CCC(C)C2)c1. The first kappa shape index (κ1) is 11.1. The molecule has 2 rings (SSSR count). The molecule has 1 atom stereocenters. The average Bonchev–Trinajstić information content (AvgIpc) is 2.67. The fraction of sp³-hybridized carbons (Fsp3) is 0.462. The van der Waals surface area contributed by atoms with Crippen molar-refractivity contribution < 1.29 is 9.18 Å². The summed E-state index contributed by atoms with van der Waals surface area (Å²) in [5, 5.41) is 0. The van der Waals surface area contributed by atoms with Crippen LogP contribution in [0.25, 0.3) is 0 Å². The monoisotopic (exact) mass is 221 g/mol. The minimum Gasteiger partial charge on any atom is -0.338 e. The van der Waals surface area contributed by atoms with E-state index in [9.17, 15) is 9.18 Å². The Labute approximate surface area is 95.1 Å². The van der Waals surface area contributed by atoms with Gasteiger partial charge in [-0.1, -0.05) is 18.6 Å². The molecular formula is C13H16FNO. The minimum atomic E-state index is -0.421. The van der Waals surface area contributed by atoms with Crippen molar-refractivity contribution in [3.8, 4) is 0 Å². The largest absolute Gasteiger partial charge is 0.338 e. The number of rotatable bonds is 1. The summed E-state index contributed by atoms with van der Waals surface area (Å²) in [5.41, 5.74) is 1.12. The zero-order valence-corrected chi connectivity index (χ0v) is 9.66. The third kappa shape index (κ3) is 2.08. The Hall–Kier alpha value is -1.38. The zero-order chi connectivity index (χ0) is 11.7. The Bertz CT molecular complexity index is 416. The summed E-state index contributed by atoms with van der Waals surface area (Å²) >= 11 is 0. The van der Waals surface area contributed by atoms with Crippen molar-refractivity contribution in [2.45, 2.75) is 20.3 Å². The van der Waals surface area contributed by atoms with Crippen molar-refractivity contribution in [2.24, 2.45) is 5.92 Å². The van der Waals surface area contributed by atoms with E-state index in [-0.39, 0.29) is 11.5 Å². The van der Waals surface area contributed by atoms with Gasteiger partial charge in [-0.25, -0.2) is 4.39 Å². The van der Waals surface area contributed by atoms with Gasteiger partial charge in [0.15, 0.2) is 0 Å². The van der Waals surface area contributed by atoms with Crippen molar-refractivity contribution in [3.63, 3.8) is 0 Å². The number of carbonyl (C=O) groups is 1. The highest BCUT2D eigenvalue weighted by atomic mass is 19.1. The van der Waals surface area contributed by atoms with E-state index in [0.717, 1.165) is 25.1 Å². The van der Waals surface area contributed by atoms with Crippen LogP contribution in [-0.2, 0) is 0 Å². The van der Waals surface area contributed by atoms with Gasteiger partial charge in [0, 0.05) is 13.1 Å². The molecule has 1 aromatic rings. The van der Waals surface area contributed by atoms with Crippen LogP contribution in [-0.4, -0.2) is 23.9 Å². The van der Waals surface area contributed by atoms with Gasteiger partial charge in [0.05, 0.1) is 5.56 Å². The molecule has 1 unspecified atom stereocenters. The Morgan fingerprint density at radius 1 is 1.50 bits per heavy atom. The molecule has 16 heavy (non-hydrogen) atoms. The summed E-state index contributed by atoms with van der Waals surface area (Å²) in [7, 11) is 0. The molecule has 0 bridgehead atoms. The van der Waals surface area contributed by atoms with E-state index in [2.05, 4.69) is 6.92 Å². The number of aryl methyl sites for hydroxylation is 1. The van der Waals surface area contributed by atoms with Gasteiger partial charge in [-0.15, -0.1) is 0 Å². The molecule has 86 valence electrons. The fourth-order valence-corrected chi connectivity index (χ4v) is 2.09. The molecule has 0 aliphatic carbocycles. The minimum absolute atomic E-state index is 0.175. The Kier molecular flexibility index (Phi) is 2.95. The van der Waals surface area contributed by atoms with Crippen LogP contribution >= 0.6 is 0 Å². The number of nitrogens with zero attached hydrogens (tertiary/aromatic N) is 1. The third-order valence-electron chi connectivity index (χ3n) is 3.06. The smallest absolute Gasteiger partial charge is 0.256 e. The Morgan fingerprint density at radius 2 is 2.25 bits per heavy atom. The Morgan fingerprint density at radius 3 is 2.88 bits per heavy atom. The molecule has 0 radical (unpaired) electrons. The molecule has 0 aromatic heterocycles. The van der Waals surface area contributed by atoms with Gasteiger partial charge in [0.1, 0.15) is 5.82 Å². The molecule has 1 fully saturated rings. The maximum absolute atomic E-state index is 13.5. The summed E-state index contributed by atoms with van der Waals surface area (Å²) < 4.78 is 13.5. The number of hydrogen-bond acceptors (Lipinski definition) is 1. The van der Waals surface area contributed by atoms with Crippen LogP contribution in [0.15, 0.2) is 18.2 Å². The van der Waals surface area contributed by atoms with Gasteiger partial charge in [0.25, 0.3) is 5.91 Å². The molecule has 0 N–H and O–H groups in total. The highest BCUT2D eigenvalue weighted by Gasteiger charge is 2.25. The number of halogens is 1. The Balaban J connectivity index is 2.23. The van der Waals surface area contributed by atoms with Crippen LogP contribution in [0, 0.1) is 18.7 Å². The molecule has 0 spiro atoms. The van der Waals surface area contributed by atoms with Gasteiger partial charge in [0.2, 0.25) is 0 Å². The van der Waals surface area contributed by atoms with Crippen LogP contribution in [0.1, 0.15) is 29.3 Å². The third-order valence-corrected chi connectivity index (χ3v) is 3.06. The molecule has 3 heteroatoms. The van der Waals surface area contributed by atoms with Crippen molar-refractivity contribution >= 4 is 5.91 Å². The number of carbonyl (C=O) groups excluding carboxylic acids is 1. The predicted octanol–water partition coefficient (Wildman–Crippen LogP) is 2.62. The van der Waals surface area contributed by atoms with Crippen molar-refractivity contribution in [2.75, 3.05) is 13.1 Å². The highest BCUT2D eigenvalue weighted by Crippen LogP contribution is 2.19. The molecule has 1 aromatic carbocycles. The number of likely N-dealkylation sites (tertiary alicyclic amines) is 1. The summed E-state index contributed by atoms with van der Waals surface area (Å²) in [6.45, 7) is 5.46. The van der Waals surface area contributed by atoms with E-state index in [1.54, 1.807) is 17.0 Å². The first-order valence-corrected chi connectivity index (χ1v) is 5.63. The van der Waals surface area contributed by atoms with Crippen LogP contribution in [0.3, 0.4) is 0 Å². The second-order valence-corrected chi connectivity index (χ2v) is 4.63. The maximum Gasteiger partial charge on any atom is 0.256 e. The molecular weight excluding hydrogens is 205 g/mol. The van der Waals surface area contributed by atoms with Gasteiger partial charge >= 0.3 is 0 Å². The van der Waals surface area contributed by atoms with E-state index < -0.39 is 5.82 Å². The van der Waals surface area contributed by atoms with E-state index in [4.69, 9.17) is 0 Å².